The van der Waals surface area contributed by atoms with E-state index in [1.54, 1.807) is 28.2 Å². The molecule has 14 atom stereocenters. The highest BCUT2D eigenvalue weighted by atomic mass is 19.3. The first-order valence-corrected chi connectivity index (χ1v) is 42.5. The maximum atomic E-state index is 13.3. The Balaban J connectivity index is 0.000000114. The van der Waals surface area contributed by atoms with E-state index < -0.39 is 118 Å². The van der Waals surface area contributed by atoms with Crippen molar-refractivity contribution in [2.45, 2.75) is 213 Å². The summed E-state index contributed by atoms with van der Waals surface area (Å²) in [6, 6.07) is 40.9. The molecule has 0 radical (unpaired) electrons. The number of fused-ring (bicyclic) bond motifs is 25. The highest BCUT2D eigenvalue weighted by Gasteiger charge is 2.61. The summed E-state index contributed by atoms with van der Waals surface area (Å²) in [5.74, 6) is 1.02. The minimum absolute atomic E-state index is 0.0278. The van der Waals surface area contributed by atoms with Gasteiger partial charge in [0.1, 0.15) is 28.5 Å². The Labute approximate surface area is 706 Å². The van der Waals surface area contributed by atoms with E-state index in [4.69, 9.17) is 0 Å². The zero-order valence-corrected chi connectivity index (χ0v) is 69.9. The second-order valence-corrected chi connectivity index (χ2v) is 35.1. The van der Waals surface area contributed by atoms with Crippen LogP contribution in [0.1, 0.15) is 322 Å². The number of aromatic nitrogens is 10. The molecule has 10 aliphatic carbocycles. The van der Waals surface area contributed by atoms with Gasteiger partial charge in [0.25, 0.3) is 61.7 Å². The molecule has 20 nitrogen and oxygen atoms in total. The lowest BCUT2D eigenvalue weighted by molar-refractivity contribution is 0.0849. The molecule has 5 amide bonds. The predicted molar refractivity (Wildman–Crippen MR) is 438 cm³/mol. The van der Waals surface area contributed by atoms with Crippen molar-refractivity contribution in [3.05, 3.63) is 264 Å². The van der Waals surface area contributed by atoms with E-state index in [2.05, 4.69) is 122 Å². The standard InChI is InChI=1S/2C20H23F2N3O.2C18H19F2N3O.C17H17F2N3O/c2*1-3-6-15-13-9-10-20(15,16-8-5-4-7-12(13)16)23-19(26)14-11-25(2)24-17(14)18(21)22;2*1-10-11-7-8-18(10,14-6-4-3-5-12(11)14)21-17(24)13-9-23(2)22-15(13)16(19)20;1-22-9-12(14(21-22)15(18)19)16(23)20-17-7-6-10(8-17)11-4-2-3-5-13(11)17/h2*4-5,7-8,11,13,15,18H,3,6,9-10H2,1-2H3,(H,23,26);2*3-6,9-11,16H,7-8H2,1-2H3,(H,21,24);2-5,9-10,15H,6-8H2,1H3,(H,20,23). The summed E-state index contributed by atoms with van der Waals surface area (Å²) in [6.07, 6.45) is 7.27. The number of amides is 5. The molecule has 0 spiro atoms. The van der Waals surface area contributed by atoms with Gasteiger partial charge in [0.2, 0.25) is 0 Å². The van der Waals surface area contributed by atoms with Gasteiger partial charge in [0, 0.05) is 66.2 Å². The van der Waals surface area contributed by atoms with Gasteiger partial charge in [-0.1, -0.05) is 162 Å². The summed E-state index contributed by atoms with van der Waals surface area (Å²) in [4.78, 5) is 64.2. The summed E-state index contributed by atoms with van der Waals surface area (Å²) in [6.45, 7) is 8.56. The summed E-state index contributed by atoms with van der Waals surface area (Å²) < 4.78 is 138. The molecule has 5 saturated carbocycles. The Morgan fingerprint density at radius 1 is 0.341 bits per heavy atom. The van der Waals surface area contributed by atoms with Crippen LogP contribution < -0.4 is 26.6 Å². The minimum Gasteiger partial charge on any atom is -0.342 e. The van der Waals surface area contributed by atoms with Gasteiger partial charge < -0.3 is 26.6 Å². The zero-order chi connectivity index (χ0) is 87.3. The van der Waals surface area contributed by atoms with Crippen LogP contribution in [0.25, 0.3) is 0 Å². The predicted octanol–water partition coefficient (Wildman–Crippen LogP) is 18.9. The Morgan fingerprint density at radius 2 is 0.593 bits per heavy atom. The average Bonchev–Trinajstić information content (AvgIpc) is 1.54. The number of nitrogens with one attached hydrogen (secondary N) is 5. The molecular weight excluding hydrogens is 1600 g/mol. The first-order valence-electron chi connectivity index (χ1n) is 42.5. The van der Waals surface area contributed by atoms with Gasteiger partial charge in [-0.25, -0.2) is 43.9 Å². The molecule has 5 aromatic heterocycles. The number of halogens is 10. The largest absolute Gasteiger partial charge is 0.342 e. The number of aryl methyl sites for hydroxylation is 5. The number of hydrogen-bond acceptors (Lipinski definition) is 10. The molecule has 5 aromatic carbocycles. The molecule has 648 valence electrons. The number of carbonyl (C=O) groups is 5. The van der Waals surface area contributed by atoms with Crippen LogP contribution in [-0.2, 0) is 62.9 Å². The van der Waals surface area contributed by atoms with E-state index >= 15 is 0 Å². The quantitative estimate of drug-likeness (QED) is 0.0480. The SMILES string of the molecule is CC1C2CCC1(NC(=O)c1cn(C)nc1C(F)F)c1ccccc12.CC1C2CCC1(NC(=O)c1cn(C)nc1C(F)F)c1ccccc12.CCCC1C2CCC1(NC(=O)c1cn(C)nc1C(F)F)c1ccccc12.CCCC1C2CCC1(NC(=O)c1cn(C)nc1C(F)F)c1ccccc12.Cn1cc(C(=O)NC23CCC(C2)c2ccccc23)c(C(F)F)n1. The smallest absolute Gasteiger partial charge is 0.282 e. The minimum atomic E-state index is -2.77. The van der Waals surface area contributed by atoms with Gasteiger partial charge in [0.05, 0.1) is 55.5 Å². The highest BCUT2D eigenvalue weighted by molar-refractivity contribution is 5.99. The van der Waals surface area contributed by atoms with Crippen molar-refractivity contribution in [2.75, 3.05) is 0 Å². The molecule has 20 rings (SSSR count). The third-order valence-corrected chi connectivity index (χ3v) is 28.6. The first kappa shape index (κ1) is 85.4. The van der Waals surface area contributed by atoms with Gasteiger partial charge in [-0.3, -0.25) is 47.4 Å². The first-order chi connectivity index (χ1) is 58.8. The highest BCUT2D eigenvalue weighted by Crippen LogP contribution is 2.65. The van der Waals surface area contributed by atoms with Crippen LogP contribution in [0.4, 0.5) is 43.9 Å². The molecule has 10 bridgehead atoms. The Hall–Kier alpha value is -11.2. The van der Waals surface area contributed by atoms with Crippen molar-refractivity contribution in [1.29, 1.82) is 0 Å². The lowest BCUT2D eigenvalue weighted by Gasteiger charge is -2.34. The molecule has 5 N–H and O–H groups in total. The Morgan fingerprint density at radius 3 is 0.902 bits per heavy atom. The van der Waals surface area contributed by atoms with Gasteiger partial charge in [-0.15, -0.1) is 0 Å². The summed E-state index contributed by atoms with van der Waals surface area (Å²) in [5, 5.41) is 34.3. The van der Waals surface area contributed by atoms with E-state index in [9.17, 15) is 67.9 Å². The van der Waals surface area contributed by atoms with Crippen LogP contribution >= 0.6 is 0 Å². The lowest BCUT2D eigenvalue weighted by atomic mass is 9.82. The third-order valence-electron chi connectivity index (χ3n) is 28.6. The van der Waals surface area contributed by atoms with E-state index in [1.807, 2.05) is 78.9 Å². The number of nitrogens with zero attached hydrogens (tertiary/aromatic N) is 10. The van der Waals surface area contributed by atoms with E-state index in [1.165, 1.54) is 89.3 Å². The zero-order valence-electron chi connectivity index (χ0n) is 69.9. The third kappa shape index (κ3) is 14.6. The van der Waals surface area contributed by atoms with Crippen molar-refractivity contribution >= 4 is 29.5 Å². The van der Waals surface area contributed by atoms with Crippen LogP contribution in [0.2, 0.25) is 0 Å². The Kier molecular flexibility index (Phi) is 23.0. The van der Waals surface area contributed by atoms with Crippen LogP contribution in [0.15, 0.2) is 152 Å². The summed E-state index contributed by atoms with van der Waals surface area (Å²) in [7, 11) is 7.73. The molecule has 0 aliphatic heterocycles. The van der Waals surface area contributed by atoms with Crippen molar-refractivity contribution in [3.8, 4) is 0 Å². The van der Waals surface area contributed by atoms with E-state index in [0.29, 0.717) is 41.4 Å². The number of hydrogen-bond donors (Lipinski definition) is 5. The monoisotopic (exact) mass is 1700 g/mol. The molecule has 0 saturated heterocycles. The van der Waals surface area contributed by atoms with Gasteiger partial charge >= 0.3 is 0 Å². The van der Waals surface area contributed by atoms with Crippen molar-refractivity contribution in [2.24, 2.45) is 58.9 Å². The molecular formula is C93H101F10N15O5. The van der Waals surface area contributed by atoms with Crippen LogP contribution in [-0.4, -0.2) is 78.4 Å². The number of rotatable bonds is 19. The Bertz CT molecular complexity index is 5420. The fourth-order valence-corrected chi connectivity index (χ4v) is 23.6. The lowest BCUT2D eigenvalue weighted by Crippen LogP contribution is -2.47. The van der Waals surface area contributed by atoms with Crippen LogP contribution in [0.5, 0.6) is 0 Å². The molecule has 30 heteroatoms. The van der Waals surface area contributed by atoms with Gasteiger partial charge in [-0.2, -0.15) is 25.5 Å². The molecule has 10 aliphatic rings. The molecule has 5 fully saturated rings. The fraction of sp³-hybridized carbons (Fsp3) is 0.462. The number of carbonyl (C=O) groups excluding carboxylic acids is 5. The van der Waals surface area contributed by atoms with Gasteiger partial charge in [-0.05, 0) is 192 Å². The number of benzene rings is 5. The second-order valence-electron chi connectivity index (χ2n) is 35.1. The van der Waals surface area contributed by atoms with E-state index in [-0.39, 0.29) is 39.7 Å². The van der Waals surface area contributed by atoms with Gasteiger partial charge in [0.15, 0.2) is 0 Å². The van der Waals surface area contributed by atoms with Crippen molar-refractivity contribution < 1.29 is 67.9 Å². The van der Waals surface area contributed by atoms with Crippen molar-refractivity contribution in [1.82, 2.24) is 75.5 Å². The maximum absolute atomic E-state index is 13.3. The maximum Gasteiger partial charge on any atom is 0.282 e. The average molecular weight is 1700 g/mol. The molecule has 14 unspecified atom stereocenters. The summed E-state index contributed by atoms with van der Waals surface area (Å²) in [5.41, 5.74) is 7.43. The van der Waals surface area contributed by atoms with Crippen molar-refractivity contribution in [3.63, 3.8) is 0 Å². The topological polar surface area (TPSA) is 235 Å². The molecule has 10 aromatic rings. The van der Waals surface area contributed by atoms with Crippen LogP contribution in [0.3, 0.4) is 0 Å². The van der Waals surface area contributed by atoms with E-state index in [0.717, 1.165) is 124 Å². The number of alkyl halides is 10. The summed E-state index contributed by atoms with van der Waals surface area (Å²) >= 11 is 0. The normalized spacial score (nSPS) is 26.6. The second kappa shape index (κ2) is 33.1. The molecule has 5 heterocycles. The fourth-order valence-electron chi connectivity index (χ4n) is 23.6. The molecule has 123 heavy (non-hydrogen) atoms. The van der Waals surface area contributed by atoms with Crippen LogP contribution in [0, 0.1) is 23.7 Å².